The number of aliphatic imine (C=N–C) groups is 1. The van der Waals surface area contributed by atoms with Gasteiger partial charge in [-0.1, -0.05) is 61.7 Å². The summed E-state index contributed by atoms with van der Waals surface area (Å²) in [5, 5.41) is 3.37. The van der Waals surface area contributed by atoms with E-state index in [0.29, 0.717) is 30.6 Å². The van der Waals surface area contributed by atoms with E-state index in [1.54, 1.807) is 31.2 Å². The van der Waals surface area contributed by atoms with E-state index in [2.05, 4.69) is 23.5 Å². The van der Waals surface area contributed by atoms with Gasteiger partial charge >= 0.3 is 6.18 Å². The van der Waals surface area contributed by atoms with Crippen LogP contribution in [0.3, 0.4) is 0 Å². The van der Waals surface area contributed by atoms with Gasteiger partial charge in [-0.25, -0.2) is 8.78 Å². The van der Waals surface area contributed by atoms with Gasteiger partial charge in [-0.2, -0.15) is 13.2 Å². The number of hydrogen-bond acceptors (Lipinski definition) is 3. The van der Waals surface area contributed by atoms with Crippen molar-refractivity contribution in [3.63, 3.8) is 0 Å². The summed E-state index contributed by atoms with van der Waals surface area (Å²) < 4.78 is 70.8. The van der Waals surface area contributed by atoms with Crippen LogP contribution in [-0.4, -0.2) is 12.3 Å². The minimum absolute atomic E-state index is 0.00493. The molecule has 1 N–H and O–H groups in total. The van der Waals surface area contributed by atoms with Crippen LogP contribution in [0.1, 0.15) is 29.2 Å². The molecule has 4 rings (SSSR count). The van der Waals surface area contributed by atoms with Crippen LogP contribution in [0, 0.1) is 11.6 Å². The van der Waals surface area contributed by atoms with E-state index >= 15 is 0 Å². The second-order valence-corrected chi connectivity index (χ2v) is 9.63. The number of rotatable bonds is 10. The Kier molecular flexibility index (Phi) is 8.91. The third kappa shape index (κ3) is 6.65. The molecule has 0 spiro atoms. The number of alkyl halides is 3. The Labute approximate surface area is 236 Å². The van der Waals surface area contributed by atoms with Crippen molar-refractivity contribution in [2.24, 2.45) is 4.99 Å². The maximum atomic E-state index is 15.0. The summed E-state index contributed by atoms with van der Waals surface area (Å²) in [5.74, 6) is -1.07. The summed E-state index contributed by atoms with van der Waals surface area (Å²) in [7, 11) is 0. The fourth-order valence-electron chi connectivity index (χ4n) is 5.00. The van der Waals surface area contributed by atoms with E-state index in [0.717, 1.165) is 28.9 Å². The first-order chi connectivity index (χ1) is 19.6. The molecule has 1 aliphatic rings. The van der Waals surface area contributed by atoms with Gasteiger partial charge < -0.3 is 10.2 Å². The second kappa shape index (κ2) is 12.4. The molecule has 41 heavy (non-hydrogen) atoms. The summed E-state index contributed by atoms with van der Waals surface area (Å²) in [6.45, 7) is 10.2. The first kappa shape index (κ1) is 29.5. The van der Waals surface area contributed by atoms with Gasteiger partial charge in [0.1, 0.15) is 17.2 Å². The highest BCUT2D eigenvalue weighted by molar-refractivity contribution is 6.04. The predicted octanol–water partition coefficient (Wildman–Crippen LogP) is 8.26. The first-order valence-corrected chi connectivity index (χ1v) is 13.0. The Balaban J connectivity index is 1.98. The van der Waals surface area contributed by atoms with Gasteiger partial charge in [0, 0.05) is 24.9 Å². The Morgan fingerprint density at radius 2 is 1.73 bits per heavy atom. The molecule has 0 aromatic heterocycles. The van der Waals surface area contributed by atoms with Crippen LogP contribution in [-0.2, 0) is 24.6 Å². The number of fused-ring (bicyclic) bond motifs is 1. The maximum absolute atomic E-state index is 15.0. The number of allylic oxidation sites excluding steroid dienone is 3. The Hall–Kier alpha value is -4.46. The Bertz CT molecular complexity index is 1500. The molecule has 0 saturated heterocycles. The number of hydrogen-bond donors (Lipinski definition) is 1. The zero-order chi connectivity index (χ0) is 29.6. The average molecular weight is 564 g/mol. The standard InChI is InChI=1S/C33H30F5N3/c1-4-6-12-31(39-16-5-2)32(22-24-10-8-7-9-11-24,26-19-27(33(36,37)38)21-29(35)20-26)40-23(3)41-17-15-25-18-28(34)13-14-30(25)41/h4-14,16,18-21,40H,1,3,15,17,22H2,2H3/b12-6-,16-5+,39-31-/t32-/m0/s1. The Morgan fingerprint density at radius 1 is 1.00 bits per heavy atom. The largest absolute Gasteiger partial charge is 0.416 e. The van der Waals surface area contributed by atoms with E-state index in [1.165, 1.54) is 24.4 Å². The molecular formula is C33H30F5N3. The molecule has 3 aromatic carbocycles. The Morgan fingerprint density at radius 3 is 2.41 bits per heavy atom. The molecule has 0 amide bonds. The van der Waals surface area contributed by atoms with Gasteiger partial charge in [0.05, 0.1) is 17.1 Å². The summed E-state index contributed by atoms with van der Waals surface area (Å²) >= 11 is 0. The van der Waals surface area contributed by atoms with Gasteiger partial charge in [-0.15, -0.1) is 0 Å². The molecule has 3 nitrogen and oxygen atoms in total. The van der Waals surface area contributed by atoms with Crippen LogP contribution in [0.15, 0.2) is 121 Å². The van der Waals surface area contributed by atoms with Gasteiger partial charge in [0.15, 0.2) is 0 Å². The lowest BCUT2D eigenvalue weighted by Gasteiger charge is -2.40. The van der Waals surface area contributed by atoms with Crippen molar-refractivity contribution in [3.05, 3.63) is 150 Å². The number of anilines is 1. The SMILES string of the molecule is C=C\C=C/C(=N/C=C/C)[C@@](Cc1ccccc1)(NC(=C)N1CCc2cc(F)ccc21)c1cc(F)cc(C(F)(F)F)c1. The molecule has 1 atom stereocenters. The van der Waals surface area contributed by atoms with Crippen LogP contribution < -0.4 is 10.2 Å². The quantitative estimate of drug-likeness (QED) is 0.153. The van der Waals surface area contributed by atoms with Crippen molar-refractivity contribution in [1.29, 1.82) is 0 Å². The van der Waals surface area contributed by atoms with Gasteiger partial charge in [-0.3, -0.25) is 4.99 Å². The number of nitrogens with zero attached hydrogens (tertiary/aromatic N) is 2. The van der Waals surface area contributed by atoms with Gasteiger partial charge in [0.2, 0.25) is 0 Å². The van der Waals surface area contributed by atoms with Crippen LogP contribution in [0.4, 0.5) is 27.6 Å². The molecule has 0 aliphatic carbocycles. The third-order valence-corrected chi connectivity index (χ3v) is 6.84. The van der Waals surface area contributed by atoms with Crippen LogP contribution in [0.5, 0.6) is 0 Å². The zero-order valence-electron chi connectivity index (χ0n) is 22.6. The molecule has 1 aliphatic heterocycles. The molecule has 0 fully saturated rings. The monoisotopic (exact) mass is 563 g/mol. The van der Waals surface area contributed by atoms with E-state index in [9.17, 15) is 22.0 Å². The summed E-state index contributed by atoms with van der Waals surface area (Å²) in [6.07, 6.45) is 3.81. The fraction of sp³-hybridized carbons (Fsp3) is 0.182. The number of halogens is 5. The molecule has 0 saturated carbocycles. The summed E-state index contributed by atoms with van der Waals surface area (Å²) in [6, 6.07) is 16.1. The molecule has 0 radical (unpaired) electrons. The van der Waals surface area contributed by atoms with Gasteiger partial charge in [0.25, 0.3) is 0 Å². The highest BCUT2D eigenvalue weighted by Gasteiger charge is 2.41. The number of nitrogens with one attached hydrogen (secondary N) is 1. The highest BCUT2D eigenvalue weighted by Crippen LogP contribution is 2.38. The normalized spacial score (nSPS) is 15.3. The first-order valence-electron chi connectivity index (χ1n) is 13.0. The van der Waals surface area contributed by atoms with E-state index in [4.69, 9.17) is 0 Å². The van der Waals surface area contributed by atoms with Crippen LogP contribution >= 0.6 is 0 Å². The molecule has 212 valence electrons. The minimum atomic E-state index is -4.79. The minimum Gasteiger partial charge on any atom is -0.357 e. The molecule has 8 heteroatoms. The lowest BCUT2D eigenvalue weighted by atomic mass is 9.78. The summed E-state index contributed by atoms with van der Waals surface area (Å²) in [4.78, 5) is 6.44. The summed E-state index contributed by atoms with van der Waals surface area (Å²) in [5.41, 5.74) is -0.0832. The molecular weight excluding hydrogens is 533 g/mol. The van der Waals surface area contributed by atoms with Crippen LogP contribution in [0.2, 0.25) is 0 Å². The molecule has 1 heterocycles. The van der Waals surface area contributed by atoms with E-state index in [1.807, 2.05) is 35.2 Å². The smallest absolute Gasteiger partial charge is 0.357 e. The predicted molar refractivity (Wildman–Crippen MR) is 155 cm³/mol. The number of benzene rings is 3. The maximum Gasteiger partial charge on any atom is 0.416 e. The fourth-order valence-corrected chi connectivity index (χ4v) is 5.00. The molecule has 0 bridgehead atoms. The van der Waals surface area contributed by atoms with Crippen molar-refractivity contribution >= 4 is 11.4 Å². The third-order valence-electron chi connectivity index (χ3n) is 6.84. The molecule has 0 unspecified atom stereocenters. The van der Waals surface area contributed by atoms with Crippen molar-refractivity contribution in [2.75, 3.05) is 11.4 Å². The van der Waals surface area contributed by atoms with Crippen molar-refractivity contribution < 1.29 is 22.0 Å². The lowest BCUT2D eigenvalue weighted by Crippen LogP contribution is -2.52. The van der Waals surface area contributed by atoms with Crippen molar-refractivity contribution in [3.8, 4) is 0 Å². The van der Waals surface area contributed by atoms with Crippen molar-refractivity contribution in [1.82, 2.24) is 5.32 Å². The second-order valence-electron chi connectivity index (χ2n) is 9.63. The topological polar surface area (TPSA) is 27.6 Å². The zero-order valence-corrected chi connectivity index (χ0v) is 22.6. The molecule has 3 aromatic rings. The lowest BCUT2D eigenvalue weighted by molar-refractivity contribution is -0.137. The van der Waals surface area contributed by atoms with Crippen molar-refractivity contribution in [2.45, 2.75) is 31.5 Å². The van der Waals surface area contributed by atoms with E-state index in [-0.39, 0.29) is 17.8 Å². The van der Waals surface area contributed by atoms with Crippen LogP contribution in [0.25, 0.3) is 0 Å². The van der Waals surface area contributed by atoms with E-state index < -0.39 is 23.1 Å². The average Bonchev–Trinajstić information content (AvgIpc) is 3.35. The highest BCUT2D eigenvalue weighted by atomic mass is 19.4. The van der Waals surface area contributed by atoms with Gasteiger partial charge in [-0.05, 0) is 72.5 Å².